The molecule has 0 N–H and O–H groups in total. The molecule has 0 amide bonds. The van der Waals surface area contributed by atoms with Gasteiger partial charge in [-0.15, -0.1) is 0 Å². The van der Waals surface area contributed by atoms with Crippen LogP contribution in [-0.2, 0) is 0 Å². The van der Waals surface area contributed by atoms with Gasteiger partial charge in [-0.3, -0.25) is 0 Å². The van der Waals surface area contributed by atoms with Gasteiger partial charge in [-0.05, 0) is 51.1 Å². The highest BCUT2D eigenvalue weighted by molar-refractivity contribution is 4.83. The van der Waals surface area contributed by atoms with Crippen molar-refractivity contribution >= 4 is 0 Å². The van der Waals surface area contributed by atoms with Crippen molar-refractivity contribution in [3.05, 3.63) is 0 Å². The Morgan fingerprint density at radius 1 is 1.33 bits per heavy atom. The lowest BCUT2D eigenvalue weighted by Gasteiger charge is -2.38. The Bertz CT molecular complexity index is 217. The van der Waals surface area contributed by atoms with Gasteiger partial charge in [0.25, 0.3) is 0 Å². The van der Waals surface area contributed by atoms with Gasteiger partial charge in [-0.25, -0.2) is 0 Å². The van der Waals surface area contributed by atoms with E-state index in [0.29, 0.717) is 11.8 Å². The Morgan fingerprint density at radius 2 is 1.93 bits per heavy atom. The van der Waals surface area contributed by atoms with Gasteiger partial charge in [-0.1, -0.05) is 13.8 Å². The van der Waals surface area contributed by atoms with Crippen molar-refractivity contribution in [1.82, 2.24) is 4.90 Å². The van der Waals surface area contributed by atoms with E-state index >= 15 is 0 Å². The third kappa shape index (κ3) is 4.22. The summed E-state index contributed by atoms with van der Waals surface area (Å²) >= 11 is 0. The Hall–Kier alpha value is -0.550. The lowest BCUT2D eigenvalue weighted by atomic mass is 9.75. The topological polar surface area (TPSA) is 27.0 Å². The minimum absolute atomic E-state index is 0.560. The molecule has 0 aromatic carbocycles. The molecule has 0 bridgehead atoms. The molecule has 0 saturated heterocycles. The number of nitrogens with zero attached hydrogens (tertiary/aromatic N) is 2. The van der Waals surface area contributed by atoms with E-state index in [1.807, 2.05) is 0 Å². The maximum atomic E-state index is 8.49. The van der Waals surface area contributed by atoms with Crippen LogP contribution in [0.4, 0.5) is 0 Å². The highest BCUT2D eigenvalue weighted by Crippen LogP contribution is 2.36. The molecular formula is C13H24N2. The van der Waals surface area contributed by atoms with Gasteiger partial charge >= 0.3 is 0 Å². The van der Waals surface area contributed by atoms with Crippen LogP contribution in [-0.4, -0.2) is 24.5 Å². The molecule has 1 aliphatic rings. The lowest BCUT2D eigenvalue weighted by molar-refractivity contribution is 0.127. The van der Waals surface area contributed by atoms with Crippen molar-refractivity contribution < 1.29 is 0 Å². The Balaban J connectivity index is 2.24. The van der Waals surface area contributed by atoms with Crippen molar-refractivity contribution in [3.63, 3.8) is 0 Å². The maximum Gasteiger partial charge on any atom is 0.0622 e. The summed E-state index contributed by atoms with van der Waals surface area (Å²) in [5.74, 6) is 0. The molecule has 2 nitrogen and oxygen atoms in total. The van der Waals surface area contributed by atoms with Gasteiger partial charge in [0, 0.05) is 12.5 Å². The van der Waals surface area contributed by atoms with Crippen LogP contribution in [0.5, 0.6) is 0 Å². The fourth-order valence-corrected chi connectivity index (χ4v) is 2.41. The van der Waals surface area contributed by atoms with E-state index < -0.39 is 0 Å². The lowest BCUT2D eigenvalue weighted by Crippen LogP contribution is -2.37. The Morgan fingerprint density at radius 3 is 2.47 bits per heavy atom. The van der Waals surface area contributed by atoms with Crippen LogP contribution in [0.15, 0.2) is 0 Å². The standard InChI is InChI=1S/C13H24N2/c1-13(2)8-6-12(7-9-13)15(3)11-5-4-10-14/h12H,4-9,11H2,1-3H3. The molecule has 86 valence electrons. The van der Waals surface area contributed by atoms with Crippen LogP contribution < -0.4 is 0 Å². The molecule has 0 atom stereocenters. The molecule has 1 aliphatic carbocycles. The van der Waals surface area contributed by atoms with Crippen molar-refractivity contribution in [2.75, 3.05) is 13.6 Å². The number of hydrogen-bond donors (Lipinski definition) is 0. The number of unbranched alkanes of at least 4 members (excludes halogenated alkanes) is 1. The van der Waals surface area contributed by atoms with Crippen molar-refractivity contribution in [3.8, 4) is 6.07 Å². The van der Waals surface area contributed by atoms with E-state index in [1.54, 1.807) is 0 Å². The average molecular weight is 208 g/mol. The SMILES string of the molecule is CN(CCCC#N)C1CCC(C)(C)CC1. The third-order valence-corrected chi connectivity index (χ3v) is 3.73. The van der Waals surface area contributed by atoms with E-state index in [1.165, 1.54) is 25.7 Å². The minimum Gasteiger partial charge on any atom is -0.303 e. The van der Waals surface area contributed by atoms with E-state index in [2.05, 4.69) is 31.9 Å². The molecule has 0 aromatic rings. The smallest absolute Gasteiger partial charge is 0.0622 e. The predicted molar refractivity (Wildman–Crippen MR) is 63.5 cm³/mol. The second kappa shape index (κ2) is 5.51. The summed E-state index contributed by atoms with van der Waals surface area (Å²) in [5.41, 5.74) is 0.560. The van der Waals surface area contributed by atoms with Gasteiger partial charge in [0.1, 0.15) is 0 Å². The van der Waals surface area contributed by atoms with Crippen molar-refractivity contribution in [1.29, 1.82) is 5.26 Å². The third-order valence-electron chi connectivity index (χ3n) is 3.73. The second-order valence-corrected chi connectivity index (χ2v) is 5.64. The van der Waals surface area contributed by atoms with Crippen LogP contribution in [0.1, 0.15) is 52.4 Å². The van der Waals surface area contributed by atoms with Crippen molar-refractivity contribution in [2.45, 2.75) is 58.4 Å². The minimum atomic E-state index is 0.560. The second-order valence-electron chi connectivity index (χ2n) is 5.64. The van der Waals surface area contributed by atoms with Crippen LogP contribution >= 0.6 is 0 Å². The molecule has 0 aliphatic heterocycles. The first-order valence-corrected chi connectivity index (χ1v) is 6.12. The Labute approximate surface area is 94.3 Å². The summed E-state index contributed by atoms with van der Waals surface area (Å²) < 4.78 is 0. The zero-order chi connectivity index (χ0) is 11.3. The highest BCUT2D eigenvalue weighted by atomic mass is 15.1. The average Bonchev–Trinajstić information content (AvgIpc) is 2.18. The molecule has 2 heteroatoms. The molecule has 0 unspecified atom stereocenters. The van der Waals surface area contributed by atoms with Gasteiger partial charge in [0.15, 0.2) is 0 Å². The summed E-state index contributed by atoms with van der Waals surface area (Å²) in [6.45, 7) is 5.83. The fraction of sp³-hybridized carbons (Fsp3) is 0.923. The molecule has 0 spiro atoms. The van der Waals surface area contributed by atoms with Gasteiger partial charge in [-0.2, -0.15) is 5.26 Å². The first kappa shape index (κ1) is 12.5. The molecule has 1 rings (SSSR count). The molecular weight excluding hydrogens is 184 g/mol. The maximum absolute atomic E-state index is 8.49. The normalized spacial score (nSPS) is 21.5. The number of hydrogen-bond acceptors (Lipinski definition) is 2. The zero-order valence-electron chi connectivity index (χ0n) is 10.4. The van der Waals surface area contributed by atoms with E-state index in [0.717, 1.165) is 19.0 Å². The highest BCUT2D eigenvalue weighted by Gasteiger charge is 2.28. The monoisotopic (exact) mass is 208 g/mol. The van der Waals surface area contributed by atoms with Gasteiger partial charge < -0.3 is 4.90 Å². The molecule has 1 fully saturated rings. The quantitative estimate of drug-likeness (QED) is 0.663. The molecule has 0 radical (unpaired) electrons. The molecule has 15 heavy (non-hydrogen) atoms. The summed E-state index contributed by atoms with van der Waals surface area (Å²) in [6.07, 6.45) is 7.07. The summed E-state index contributed by atoms with van der Waals surface area (Å²) in [5, 5.41) is 8.49. The van der Waals surface area contributed by atoms with E-state index in [-0.39, 0.29) is 0 Å². The van der Waals surface area contributed by atoms with Gasteiger partial charge in [0.05, 0.1) is 6.07 Å². The molecule has 0 heterocycles. The summed E-state index contributed by atoms with van der Waals surface area (Å²) in [7, 11) is 2.21. The van der Waals surface area contributed by atoms with Gasteiger partial charge in [0.2, 0.25) is 0 Å². The zero-order valence-corrected chi connectivity index (χ0v) is 10.4. The number of nitriles is 1. The number of rotatable bonds is 4. The fourth-order valence-electron chi connectivity index (χ4n) is 2.41. The Kier molecular flexibility index (Phi) is 4.60. The van der Waals surface area contributed by atoms with Crippen LogP contribution in [0.25, 0.3) is 0 Å². The van der Waals surface area contributed by atoms with Crippen LogP contribution in [0.3, 0.4) is 0 Å². The van der Waals surface area contributed by atoms with Crippen molar-refractivity contribution in [2.24, 2.45) is 5.41 Å². The first-order valence-electron chi connectivity index (χ1n) is 6.12. The molecule has 0 aromatic heterocycles. The predicted octanol–water partition coefficient (Wildman–Crippen LogP) is 3.19. The summed E-state index contributed by atoms with van der Waals surface area (Å²) in [4.78, 5) is 2.45. The van der Waals surface area contributed by atoms with Crippen LogP contribution in [0.2, 0.25) is 0 Å². The van der Waals surface area contributed by atoms with E-state index in [9.17, 15) is 0 Å². The first-order chi connectivity index (χ1) is 7.05. The van der Waals surface area contributed by atoms with E-state index in [4.69, 9.17) is 5.26 Å². The largest absolute Gasteiger partial charge is 0.303 e. The summed E-state index contributed by atoms with van der Waals surface area (Å²) in [6, 6.07) is 2.97. The van der Waals surface area contributed by atoms with Crippen LogP contribution in [0, 0.1) is 16.7 Å². The molecule has 1 saturated carbocycles.